The molecule has 2 aromatic rings. The second-order valence-corrected chi connectivity index (χ2v) is 4.74. The molecule has 0 bridgehead atoms. The van der Waals surface area contributed by atoms with Crippen LogP contribution in [0.4, 0.5) is 5.69 Å². The maximum absolute atomic E-state index is 10.9. The number of thiazole rings is 1. The summed E-state index contributed by atoms with van der Waals surface area (Å²) in [6.07, 6.45) is 0. The summed E-state index contributed by atoms with van der Waals surface area (Å²) < 4.78 is 2.18. The van der Waals surface area contributed by atoms with E-state index < -0.39 is 0 Å². The van der Waals surface area contributed by atoms with E-state index in [1.165, 1.54) is 6.92 Å². The first-order valence-corrected chi connectivity index (χ1v) is 5.93. The quantitative estimate of drug-likeness (QED) is 0.822. The zero-order chi connectivity index (χ0) is 10.1. The number of nitrogens with one attached hydrogen (secondary N) is 1. The minimum absolute atomic E-state index is 0.0493. The molecular formula is C9H7IN2OS. The van der Waals surface area contributed by atoms with Crippen molar-refractivity contribution in [3.8, 4) is 0 Å². The molecule has 0 aliphatic carbocycles. The molecule has 3 nitrogen and oxygen atoms in total. The molecule has 1 aromatic carbocycles. The van der Waals surface area contributed by atoms with Crippen molar-refractivity contribution in [2.45, 2.75) is 6.92 Å². The van der Waals surface area contributed by atoms with Gasteiger partial charge in [-0.3, -0.25) is 4.79 Å². The number of benzene rings is 1. The predicted octanol–water partition coefficient (Wildman–Crippen LogP) is 2.86. The highest BCUT2D eigenvalue weighted by molar-refractivity contribution is 14.1. The molecule has 0 radical (unpaired) electrons. The number of nitrogens with zero attached hydrogens (tertiary/aromatic N) is 1. The average molecular weight is 318 g/mol. The molecule has 14 heavy (non-hydrogen) atoms. The summed E-state index contributed by atoms with van der Waals surface area (Å²) >= 11 is 3.81. The fraction of sp³-hybridized carbons (Fsp3) is 0.111. The number of anilines is 1. The van der Waals surface area contributed by atoms with Crippen molar-refractivity contribution in [2.24, 2.45) is 0 Å². The van der Waals surface area contributed by atoms with Gasteiger partial charge in [-0.25, -0.2) is 4.98 Å². The Kier molecular flexibility index (Phi) is 2.69. The molecule has 0 unspecified atom stereocenters. The molecule has 0 spiro atoms. The fourth-order valence-corrected chi connectivity index (χ4v) is 2.88. The second kappa shape index (κ2) is 3.82. The van der Waals surface area contributed by atoms with Crippen molar-refractivity contribution in [3.63, 3.8) is 0 Å². The summed E-state index contributed by atoms with van der Waals surface area (Å²) in [4.78, 5) is 15.1. The molecule has 1 heterocycles. The fourth-order valence-electron chi connectivity index (χ4n) is 1.18. The van der Waals surface area contributed by atoms with Gasteiger partial charge in [-0.2, -0.15) is 0 Å². The van der Waals surface area contributed by atoms with Crippen LogP contribution in [0.25, 0.3) is 10.2 Å². The Balaban J connectivity index is 2.56. The largest absolute Gasteiger partial charge is 0.325 e. The lowest BCUT2D eigenvalue weighted by Gasteiger charge is -2.04. The summed E-state index contributed by atoms with van der Waals surface area (Å²) in [6, 6.07) is 3.80. The third kappa shape index (κ3) is 1.74. The van der Waals surface area contributed by atoms with E-state index in [0.717, 1.165) is 19.5 Å². The third-order valence-corrected chi connectivity index (χ3v) is 4.10. The Hall–Kier alpha value is -0.690. The number of aromatic nitrogens is 1. The van der Waals surface area contributed by atoms with Gasteiger partial charge in [-0.15, -0.1) is 11.3 Å². The summed E-state index contributed by atoms with van der Waals surface area (Å²) in [7, 11) is 0. The Morgan fingerprint density at radius 2 is 2.36 bits per heavy atom. The summed E-state index contributed by atoms with van der Waals surface area (Å²) in [6.45, 7) is 1.51. The number of halogens is 1. The molecule has 0 aliphatic rings. The van der Waals surface area contributed by atoms with Crippen LogP contribution < -0.4 is 5.32 Å². The number of hydrogen-bond acceptors (Lipinski definition) is 3. The van der Waals surface area contributed by atoms with Gasteiger partial charge in [0.15, 0.2) is 0 Å². The molecule has 5 heteroatoms. The normalized spacial score (nSPS) is 10.4. The van der Waals surface area contributed by atoms with Crippen molar-refractivity contribution in [3.05, 3.63) is 21.2 Å². The van der Waals surface area contributed by atoms with Crippen LogP contribution >= 0.6 is 33.9 Å². The topological polar surface area (TPSA) is 42.0 Å². The Labute approximate surface area is 98.7 Å². The number of carbonyl (C=O) groups is 1. The first kappa shape index (κ1) is 9.85. The highest BCUT2D eigenvalue weighted by atomic mass is 127. The summed E-state index contributed by atoms with van der Waals surface area (Å²) in [5.74, 6) is -0.0493. The molecule has 0 saturated carbocycles. The van der Waals surface area contributed by atoms with Crippen LogP contribution in [-0.4, -0.2) is 10.9 Å². The molecule has 0 atom stereocenters. The van der Waals surface area contributed by atoms with Gasteiger partial charge >= 0.3 is 0 Å². The smallest absolute Gasteiger partial charge is 0.221 e. The average Bonchev–Trinajstić information content (AvgIpc) is 2.57. The molecule has 0 aliphatic heterocycles. The van der Waals surface area contributed by atoms with Crippen molar-refractivity contribution in [1.82, 2.24) is 4.98 Å². The van der Waals surface area contributed by atoms with Crippen LogP contribution in [0.1, 0.15) is 6.92 Å². The number of fused-ring (bicyclic) bond motifs is 1. The first-order chi connectivity index (χ1) is 6.68. The van der Waals surface area contributed by atoms with Crippen LogP contribution in [0.2, 0.25) is 0 Å². The van der Waals surface area contributed by atoms with Gasteiger partial charge in [-0.1, -0.05) is 0 Å². The highest BCUT2D eigenvalue weighted by Crippen LogP contribution is 2.29. The van der Waals surface area contributed by atoms with Crippen molar-refractivity contribution in [2.75, 3.05) is 5.32 Å². The van der Waals surface area contributed by atoms with Crippen LogP contribution in [0.5, 0.6) is 0 Å². The molecule has 0 saturated heterocycles. The molecule has 72 valence electrons. The Morgan fingerprint density at radius 3 is 3.07 bits per heavy atom. The van der Waals surface area contributed by atoms with E-state index in [0.29, 0.717) is 0 Å². The van der Waals surface area contributed by atoms with E-state index >= 15 is 0 Å². The standard InChI is InChI=1S/C9H7IN2OS/c1-5(13)12-6-2-3-7-9(8(6)10)14-4-11-7/h2-4H,1H3,(H,12,13). The van der Waals surface area contributed by atoms with Gasteiger partial charge in [0.1, 0.15) is 0 Å². The first-order valence-electron chi connectivity index (χ1n) is 3.98. The maximum atomic E-state index is 10.9. The van der Waals surface area contributed by atoms with Gasteiger partial charge < -0.3 is 5.32 Å². The maximum Gasteiger partial charge on any atom is 0.221 e. The summed E-state index contributed by atoms with van der Waals surface area (Å²) in [5.41, 5.74) is 3.65. The lowest BCUT2D eigenvalue weighted by Crippen LogP contribution is -2.06. The zero-order valence-electron chi connectivity index (χ0n) is 7.37. The van der Waals surface area contributed by atoms with E-state index in [-0.39, 0.29) is 5.91 Å². The lowest BCUT2D eigenvalue weighted by atomic mass is 10.3. The predicted molar refractivity (Wildman–Crippen MR) is 66.6 cm³/mol. The Bertz CT molecular complexity index is 495. The number of hydrogen-bond donors (Lipinski definition) is 1. The van der Waals surface area contributed by atoms with E-state index in [1.54, 1.807) is 11.3 Å². The number of carbonyl (C=O) groups excluding carboxylic acids is 1. The van der Waals surface area contributed by atoms with E-state index in [4.69, 9.17) is 0 Å². The molecule has 1 N–H and O–H groups in total. The van der Waals surface area contributed by atoms with Crippen molar-refractivity contribution in [1.29, 1.82) is 0 Å². The van der Waals surface area contributed by atoms with Gasteiger partial charge in [0.05, 0.1) is 25.0 Å². The minimum atomic E-state index is -0.0493. The van der Waals surface area contributed by atoms with Crippen LogP contribution in [-0.2, 0) is 4.79 Å². The zero-order valence-corrected chi connectivity index (χ0v) is 10.3. The van der Waals surface area contributed by atoms with Gasteiger partial charge in [-0.05, 0) is 34.7 Å². The molecule has 2 rings (SSSR count). The summed E-state index contributed by atoms with van der Waals surface area (Å²) in [5, 5.41) is 2.79. The van der Waals surface area contributed by atoms with Gasteiger partial charge in [0.2, 0.25) is 5.91 Å². The molecule has 1 aromatic heterocycles. The molecule has 0 fully saturated rings. The van der Waals surface area contributed by atoms with Crippen LogP contribution in [0.3, 0.4) is 0 Å². The lowest BCUT2D eigenvalue weighted by molar-refractivity contribution is -0.114. The SMILES string of the molecule is CC(=O)Nc1ccc2ncsc2c1I. The third-order valence-electron chi connectivity index (χ3n) is 1.75. The second-order valence-electron chi connectivity index (χ2n) is 2.81. The number of rotatable bonds is 1. The van der Waals surface area contributed by atoms with Gasteiger partial charge in [0.25, 0.3) is 0 Å². The van der Waals surface area contributed by atoms with E-state index in [9.17, 15) is 4.79 Å². The molecule has 1 amide bonds. The highest BCUT2D eigenvalue weighted by Gasteiger charge is 2.07. The van der Waals surface area contributed by atoms with Crippen LogP contribution in [0.15, 0.2) is 17.6 Å². The monoisotopic (exact) mass is 318 g/mol. The Morgan fingerprint density at radius 1 is 1.57 bits per heavy atom. The van der Waals surface area contributed by atoms with E-state index in [2.05, 4.69) is 32.9 Å². The van der Waals surface area contributed by atoms with Crippen molar-refractivity contribution >= 4 is 55.7 Å². The van der Waals surface area contributed by atoms with Gasteiger partial charge in [0, 0.05) is 6.92 Å². The van der Waals surface area contributed by atoms with Crippen molar-refractivity contribution < 1.29 is 4.79 Å². The van der Waals surface area contributed by atoms with E-state index in [1.807, 2.05) is 17.6 Å². The number of amides is 1. The molecular weight excluding hydrogens is 311 g/mol. The van der Waals surface area contributed by atoms with Crippen LogP contribution in [0, 0.1) is 3.57 Å². The minimum Gasteiger partial charge on any atom is -0.325 e.